The third kappa shape index (κ3) is 3.43. The number of aromatic nitrogens is 5. The van der Waals surface area contributed by atoms with Gasteiger partial charge in [0.25, 0.3) is 5.91 Å². The lowest BCUT2D eigenvalue weighted by molar-refractivity contribution is -0.142. The van der Waals surface area contributed by atoms with Gasteiger partial charge in [-0.25, -0.2) is 9.50 Å². The predicted octanol–water partition coefficient (Wildman–Crippen LogP) is 3.13. The molecule has 0 N–H and O–H groups in total. The molecule has 3 aromatic rings. The predicted molar refractivity (Wildman–Crippen MR) is 94.2 cm³/mol. The lowest BCUT2D eigenvalue weighted by atomic mass is 10.2. The van der Waals surface area contributed by atoms with Crippen molar-refractivity contribution in [2.45, 2.75) is 26.6 Å². The molecule has 0 atom stereocenters. The number of aryl methyl sites for hydroxylation is 2. The average Bonchev–Trinajstić information content (AvgIpc) is 3.07. The van der Waals surface area contributed by atoms with E-state index in [9.17, 15) is 18.0 Å². The van der Waals surface area contributed by atoms with E-state index in [1.165, 1.54) is 11.8 Å². The molecule has 0 aromatic carbocycles. The molecule has 3 heterocycles. The molecule has 0 bridgehead atoms. The maximum absolute atomic E-state index is 13.3. The average molecular weight is 445 g/mol. The fraction of sp³-hybridized carbons (Fsp3) is 0.375. The number of nitrogens with zero attached hydrogens (tertiary/aromatic N) is 6. The van der Waals surface area contributed by atoms with Crippen molar-refractivity contribution in [1.29, 1.82) is 0 Å². The summed E-state index contributed by atoms with van der Waals surface area (Å²) in [5.41, 5.74) is 0.710. The Labute approximate surface area is 160 Å². The third-order valence-electron chi connectivity index (χ3n) is 4.25. The minimum absolute atomic E-state index is 0.0587. The number of rotatable bonds is 3. The molecular formula is C16H16BrF3N6O. The lowest BCUT2D eigenvalue weighted by Crippen LogP contribution is -2.27. The van der Waals surface area contributed by atoms with Crippen molar-refractivity contribution in [3.8, 4) is 0 Å². The van der Waals surface area contributed by atoms with Crippen LogP contribution in [0.2, 0.25) is 0 Å². The zero-order chi connectivity index (χ0) is 20.1. The van der Waals surface area contributed by atoms with Gasteiger partial charge < -0.3 is 4.90 Å². The highest BCUT2D eigenvalue weighted by Crippen LogP contribution is 2.32. The van der Waals surface area contributed by atoms with Gasteiger partial charge in [0, 0.05) is 37.6 Å². The van der Waals surface area contributed by atoms with Gasteiger partial charge in [0.05, 0.1) is 10.7 Å². The van der Waals surface area contributed by atoms with Crippen molar-refractivity contribution in [1.82, 2.24) is 29.3 Å². The molecule has 144 valence electrons. The van der Waals surface area contributed by atoms with Crippen molar-refractivity contribution in [2.75, 3.05) is 7.05 Å². The quantitative estimate of drug-likeness (QED) is 0.622. The number of hydrogen-bond acceptors (Lipinski definition) is 4. The van der Waals surface area contributed by atoms with Crippen LogP contribution >= 0.6 is 15.9 Å². The summed E-state index contributed by atoms with van der Waals surface area (Å²) < 4.78 is 42.4. The largest absolute Gasteiger partial charge is 0.433 e. The highest BCUT2D eigenvalue weighted by Gasteiger charge is 2.36. The molecule has 3 aromatic heterocycles. The first-order valence-corrected chi connectivity index (χ1v) is 8.66. The van der Waals surface area contributed by atoms with Crippen LogP contribution in [0.4, 0.5) is 13.2 Å². The van der Waals surface area contributed by atoms with Crippen LogP contribution < -0.4 is 0 Å². The fourth-order valence-electron chi connectivity index (χ4n) is 2.66. The number of carbonyl (C=O) groups excluding carboxylic acids is 1. The van der Waals surface area contributed by atoms with Crippen LogP contribution in [-0.2, 0) is 19.8 Å². The van der Waals surface area contributed by atoms with Gasteiger partial charge in [0.15, 0.2) is 11.3 Å². The number of hydrogen-bond donors (Lipinski definition) is 0. The van der Waals surface area contributed by atoms with Crippen molar-refractivity contribution >= 4 is 27.5 Å². The summed E-state index contributed by atoms with van der Waals surface area (Å²) in [6, 6.07) is 0.892. The first kappa shape index (κ1) is 19.3. The molecule has 0 aliphatic carbocycles. The van der Waals surface area contributed by atoms with Gasteiger partial charge in [0.1, 0.15) is 5.69 Å². The smallest absolute Gasteiger partial charge is 0.336 e. The first-order valence-electron chi connectivity index (χ1n) is 7.86. The van der Waals surface area contributed by atoms with Gasteiger partial charge in [-0.2, -0.15) is 23.4 Å². The van der Waals surface area contributed by atoms with Crippen molar-refractivity contribution in [3.05, 3.63) is 45.1 Å². The molecule has 0 saturated heterocycles. The summed E-state index contributed by atoms with van der Waals surface area (Å²) in [5.74, 6) is -0.526. The molecule has 0 fully saturated rings. The van der Waals surface area contributed by atoms with E-state index < -0.39 is 17.8 Å². The Balaban J connectivity index is 2.02. The van der Waals surface area contributed by atoms with Crippen LogP contribution in [0.5, 0.6) is 0 Å². The third-order valence-corrected chi connectivity index (χ3v) is 4.98. The molecule has 1 amide bonds. The van der Waals surface area contributed by atoms with E-state index in [0.29, 0.717) is 4.52 Å². The number of alkyl halides is 3. The van der Waals surface area contributed by atoms with E-state index in [1.54, 1.807) is 25.0 Å². The lowest BCUT2D eigenvalue weighted by Gasteiger charge is -2.15. The van der Waals surface area contributed by atoms with Crippen LogP contribution in [0.25, 0.3) is 5.65 Å². The summed E-state index contributed by atoms with van der Waals surface area (Å²) in [5, 5.41) is 8.00. The minimum Gasteiger partial charge on any atom is -0.336 e. The normalized spacial score (nSPS) is 12.0. The van der Waals surface area contributed by atoms with Gasteiger partial charge in [0.2, 0.25) is 0 Å². The number of carbonyl (C=O) groups is 1. The van der Waals surface area contributed by atoms with E-state index in [4.69, 9.17) is 0 Å². The Morgan fingerprint density at radius 1 is 1.33 bits per heavy atom. The molecule has 0 aliphatic rings. The second-order valence-electron chi connectivity index (χ2n) is 6.22. The number of fused-ring (bicyclic) bond motifs is 1. The summed E-state index contributed by atoms with van der Waals surface area (Å²) in [6.45, 7) is 3.56. The summed E-state index contributed by atoms with van der Waals surface area (Å²) in [6.07, 6.45) is -2.99. The van der Waals surface area contributed by atoms with Crippen LogP contribution in [0.15, 0.2) is 16.7 Å². The van der Waals surface area contributed by atoms with E-state index >= 15 is 0 Å². The maximum atomic E-state index is 13.3. The summed E-state index contributed by atoms with van der Waals surface area (Å²) in [4.78, 5) is 18.2. The van der Waals surface area contributed by atoms with Crippen LogP contribution in [0.3, 0.4) is 0 Å². The summed E-state index contributed by atoms with van der Waals surface area (Å²) >= 11 is 3.18. The molecule has 11 heteroatoms. The number of amides is 1. The second-order valence-corrected chi connectivity index (χ2v) is 7.01. The molecule has 0 unspecified atom stereocenters. The van der Waals surface area contributed by atoms with Gasteiger partial charge >= 0.3 is 6.18 Å². The van der Waals surface area contributed by atoms with E-state index in [2.05, 4.69) is 31.1 Å². The highest BCUT2D eigenvalue weighted by atomic mass is 79.9. The Hall–Kier alpha value is -2.43. The Morgan fingerprint density at radius 3 is 2.56 bits per heavy atom. The second kappa shape index (κ2) is 6.63. The van der Waals surface area contributed by atoms with E-state index in [1.807, 2.05) is 6.92 Å². The van der Waals surface area contributed by atoms with Crippen LogP contribution in [0, 0.1) is 13.8 Å². The zero-order valence-corrected chi connectivity index (χ0v) is 16.6. The summed E-state index contributed by atoms with van der Waals surface area (Å²) in [7, 11) is 3.33. The molecule has 0 radical (unpaired) electrons. The van der Waals surface area contributed by atoms with E-state index in [-0.39, 0.29) is 28.1 Å². The van der Waals surface area contributed by atoms with Gasteiger partial charge in [-0.15, -0.1) is 0 Å². The van der Waals surface area contributed by atoms with Crippen molar-refractivity contribution < 1.29 is 18.0 Å². The minimum atomic E-state index is -4.63. The Kier molecular flexibility index (Phi) is 4.74. The molecular weight excluding hydrogens is 429 g/mol. The topological polar surface area (TPSA) is 68.3 Å². The molecule has 27 heavy (non-hydrogen) atoms. The monoisotopic (exact) mass is 444 g/mol. The molecule has 3 rings (SSSR count). The molecule has 0 spiro atoms. The van der Waals surface area contributed by atoms with Crippen LogP contribution in [0.1, 0.15) is 33.1 Å². The fourth-order valence-corrected chi connectivity index (χ4v) is 3.16. The van der Waals surface area contributed by atoms with Crippen molar-refractivity contribution in [2.24, 2.45) is 7.05 Å². The van der Waals surface area contributed by atoms with Gasteiger partial charge in [-0.3, -0.25) is 9.48 Å². The molecule has 0 saturated carbocycles. The Morgan fingerprint density at radius 2 is 2.00 bits per heavy atom. The molecule has 0 aliphatic heterocycles. The highest BCUT2D eigenvalue weighted by molar-refractivity contribution is 9.10. The molecule has 7 nitrogen and oxygen atoms in total. The van der Waals surface area contributed by atoms with E-state index in [0.717, 1.165) is 17.3 Å². The standard InChI is InChI=1S/C16H16BrF3N6O/c1-8-5-11(16(18,19)20)26-14(22-8)12(17)13(23-26)15(27)24(3)7-10-6-21-25(4)9(10)2/h5-6H,7H2,1-4H3. The Bertz CT molecular complexity index is 1040. The SMILES string of the molecule is Cc1cc(C(F)(F)F)n2nc(C(=O)N(C)Cc3cnn(C)c3C)c(Br)c2n1. The number of halogens is 4. The van der Waals surface area contributed by atoms with Crippen molar-refractivity contribution in [3.63, 3.8) is 0 Å². The maximum Gasteiger partial charge on any atom is 0.433 e. The van der Waals surface area contributed by atoms with Crippen LogP contribution in [-0.4, -0.2) is 42.2 Å². The van der Waals surface area contributed by atoms with Gasteiger partial charge in [-0.1, -0.05) is 0 Å². The van der Waals surface area contributed by atoms with Gasteiger partial charge in [-0.05, 0) is 35.8 Å². The zero-order valence-electron chi connectivity index (χ0n) is 15.0. The first-order chi connectivity index (χ1) is 12.5.